The van der Waals surface area contributed by atoms with E-state index in [1.807, 2.05) is 30.5 Å². The molecule has 3 rings (SSSR count). The van der Waals surface area contributed by atoms with Crippen LogP contribution in [-0.4, -0.2) is 35.9 Å². The molecular weight excluding hydrogens is 350 g/mol. The number of nitrogens with zero attached hydrogens (tertiary/aromatic N) is 2. The first-order chi connectivity index (χ1) is 12.6. The Morgan fingerprint density at radius 1 is 1.31 bits per heavy atom. The van der Waals surface area contributed by atoms with E-state index in [0.29, 0.717) is 47.1 Å². The monoisotopic (exact) mass is 371 g/mol. The van der Waals surface area contributed by atoms with Crippen LogP contribution in [0.2, 0.25) is 0 Å². The molecule has 6 nitrogen and oxygen atoms in total. The van der Waals surface area contributed by atoms with Crippen LogP contribution >= 0.6 is 11.8 Å². The molecule has 1 heterocycles. The molecule has 1 aliphatic carbocycles. The Morgan fingerprint density at radius 2 is 2.12 bits per heavy atom. The lowest BCUT2D eigenvalue weighted by atomic mass is 9.90. The number of benzene rings is 1. The summed E-state index contributed by atoms with van der Waals surface area (Å²) >= 11 is 1.47. The molecule has 1 aromatic heterocycles. The number of nitrogens with two attached hydrogens (primary N) is 1. The second-order valence-electron chi connectivity index (χ2n) is 5.73. The average Bonchev–Trinajstić information content (AvgIpc) is 2.67. The first-order valence-corrected chi connectivity index (χ1v) is 9.57. The normalized spacial score (nSPS) is 13.3. The maximum atomic E-state index is 12.3. The van der Waals surface area contributed by atoms with Crippen LogP contribution in [0, 0.1) is 0 Å². The van der Waals surface area contributed by atoms with Crippen molar-refractivity contribution in [3.05, 3.63) is 41.1 Å². The number of thioether (sulfide) groups is 1. The second kappa shape index (κ2) is 7.78. The molecule has 0 saturated heterocycles. The first kappa shape index (κ1) is 18.3. The molecule has 0 unspecified atom stereocenters. The molecule has 0 aliphatic heterocycles. The number of fused-ring (bicyclic) bond motifs is 1. The summed E-state index contributed by atoms with van der Waals surface area (Å²) in [6.07, 6.45) is 3.07. The number of aromatic nitrogens is 2. The Hall–Kier alpha value is -2.54. The predicted molar refractivity (Wildman–Crippen MR) is 102 cm³/mol. The standard InChI is InChI=1S/C19H21N3O3S/c1-4-25-18(23)13-8-9-14-15(16(13)20)17(22-19(21-14)26-3)11-6-5-7-12(10-11)24-2/h5-7,10H,4,8-9,20H2,1-3H3. The third kappa shape index (κ3) is 3.39. The van der Waals surface area contributed by atoms with Gasteiger partial charge in [0.05, 0.1) is 36.4 Å². The van der Waals surface area contributed by atoms with Crippen molar-refractivity contribution in [3.8, 4) is 17.0 Å². The van der Waals surface area contributed by atoms with Gasteiger partial charge in [-0.1, -0.05) is 23.9 Å². The molecular formula is C19H21N3O3S. The molecule has 2 aromatic rings. The second-order valence-corrected chi connectivity index (χ2v) is 6.50. The van der Waals surface area contributed by atoms with Gasteiger partial charge in [0.2, 0.25) is 0 Å². The van der Waals surface area contributed by atoms with Gasteiger partial charge in [0, 0.05) is 11.1 Å². The average molecular weight is 371 g/mol. The number of ether oxygens (including phenoxy) is 2. The quantitative estimate of drug-likeness (QED) is 0.491. The molecule has 0 radical (unpaired) electrons. The molecule has 136 valence electrons. The number of esters is 1. The highest BCUT2D eigenvalue weighted by molar-refractivity contribution is 7.98. The molecule has 1 aromatic carbocycles. The van der Waals surface area contributed by atoms with E-state index in [1.54, 1.807) is 14.0 Å². The van der Waals surface area contributed by atoms with E-state index < -0.39 is 0 Å². The molecule has 0 spiro atoms. The highest BCUT2D eigenvalue weighted by Gasteiger charge is 2.28. The summed E-state index contributed by atoms with van der Waals surface area (Å²) in [6.45, 7) is 2.09. The van der Waals surface area contributed by atoms with Crippen molar-refractivity contribution in [2.45, 2.75) is 24.9 Å². The number of carbonyl (C=O) groups is 1. The molecule has 0 bridgehead atoms. The van der Waals surface area contributed by atoms with Gasteiger partial charge < -0.3 is 15.2 Å². The summed E-state index contributed by atoms with van der Waals surface area (Å²) in [5, 5.41) is 0.675. The summed E-state index contributed by atoms with van der Waals surface area (Å²) in [5.41, 5.74) is 10.4. The van der Waals surface area contributed by atoms with Crippen LogP contribution in [0.25, 0.3) is 17.0 Å². The minimum atomic E-state index is -0.374. The predicted octanol–water partition coefficient (Wildman–Crippen LogP) is 3.05. The molecule has 7 heteroatoms. The maximum Gasteiger partial charge on any atom is 0.336 e. The SMILES string of the molecule is CCOC(=O)C1=C(N)c2c(nc(SC)nc2-c2cccc(OC)c2)CC1. The smallest absolute Gasteiger partial charge is 0.336 e. The topological polar surface area (TPSA) is 87.3 Å². The largest absolute Gasteiger partial charge is 0.497 e. The van der Waals surface area contributed by atoms with Crippen LogP contribution in [0.5, 0.6) is 5.75 Å². The Balaban J connectivity index is 2.21. The zero-order chi connectivity index (χ0) is 18.7. The van der Waals surface area contributed by atoms with Crippen LogP contribution < -0.4 is 10.5 Å². The molecule has 26 heavy (non-hydrogen) atoms. The van der Waals surface area contributed by atoms with E-state index in [9.17, 15) is 4.79 Å². The Kier molecular flexibility index (Phi) is 5.46. The van der Waals surface area contributed by atoms with Crippen molar-refractivity contribution in [2.75, 3.05) is 20.0 Å². The van der Waals surface area contributed by atoms with E-state index in [0.717, 1.165) is 17.0 Å². The van der Waals surface area contributed by atoms with Crippen LogP contribution in [0.15, 0.2) is 35.0 Å². The molecule has 2 N–H and O–H groups in total. The molecule has 0 fully saturated rings. The van der Waals surface area contributed by atoms with Gasteiger partial charge in [-0.2, -0.15) is 0 Å². The van der Waals surface area contributed by atoms with Crippen LogP contribution in [-0.2, 0) is 16.0 Å². The molecule has 0 atom stereocenters. The van der Waals surface area contributed by atoms with Crippen molar-refractivity contribution in [1.82, 2.24) is 9.97 Å². The van der Waals surface area contributed by atoms with E-state index in [1.165, 1.54) is 11.8 Å². The van der Waals surface area contributed by atoms with Crippen molar-refractivity contribution in [1.29, 1.82) is 0 Å². The lowest BCUT2D eigenvalue weighted by Crippen LogP contribution is -2.21. The van der Waals surface area contributed by atoms with Gasteiger partial charge in [0.1, 0.15) is 5.75 Å². The minimum absolute atomic E-state index is 0.313. The van der Waals surface area contributed by atoms with Crippen molar-refractivity contribution >= 4 is 23.4 Å². The highest BCUT2D eigenvalue weighted by atomic mass is 32.2. The highest BCUT2D eigenvalue weighted by Crippen LogP contribution is 2.36. The number of aryl methyl sites for hydroxylation is 1. The summed E-state index contributed by atoms with van der Waals surface area (Å²) in [6, 6.07) is 7.62. The third-order valence-electron chi connectivity index (χ3n) is 4.22. The lowest BCUT2D eigenvalue weighted by Gasteiger charge is -2.22. The van der Waals surface area contributed by atoms with Crippen molar-refractivity contribution in [2.24, 2.45) is 5.73 Å². The lowest BCUT2D eigenvalue weighted by molar-refractivity contribution is -0.138. The van der Waals surface area contributed by atoms with Gasteiger partial charge in [-0.05, 0) is 38.2 Å². The van der Waals surface area contributed by atoms with Gasteiger partial charge in [-0.15, -0.1) is 0 Å². The number of hydrogen-bond donors (Lipinski definition) is 1. The molecule has 1 aliphatic rings. The Morgan fingerprint density at radius 3 is 2.81 bits per heavy atom. The number of rotatable bonds is 5. The van der Waals surface area contributed by atoms with Crippen LogP contribution in [0.3, 0.4) is 0 Å². The van der Waals surface area contributed by atoms with E-state index in [4.69, 9.17) is 15.2 Å². The summed E-state index contributed by atoms with van der Waals surface area (Å²) in [5.74, 6) is 0.353. The first-order valence-electron chi connectivity index (χ1n) is 8.34. The van der Waals surface area contributed by atoms with Gasteiger partial charge in [0.25, 0.3) is 0 Å². The van der Waals surface area contributed by atoms with E-state index in [-0.39, 0.29) is 5.97 Å². The summed E-state index contributed by atoms with van der Waals surface area (Å²) < 4.78 is 10.5. The van der Waals surface area contributed by atoms with E-state index in [2.05, 4.69) is 9.97 Å². The number of carbonyl (C=O) groups excluding carboxylic acids is 1. The summed E-state index contributed by atoms with van der Waals surface area (Å²) in [4.78, 5) is 21.5. The maximum absolute atomic E-state index is 12.3. The fourth-order valence-electron chi connectivity index (χ4n) is 2.98. The van der Waals surface area contributed by atoms with Crippen molar-refractivity contribution in [3.63, 3.8) is 0 Å². The zero-order valence-electron chi connectivity index (χ0n) is 15.0. The van der Waals surface area contributed by atoms with Gasteiger partial charge >= 0.3 is 5.97 Å². The Bertz CT molecular complexity index is 880. The van der Waals surface area contributed by atoms with Crippen LogP contribution in [0.4, 0.5) is 0 Å². The van der Waals surface area contributed by atoms with E-state index >= 15 is 0 Å². The van der Waals surface area contributed by atoms with Gasteiger partial charge in [0.15, 0.2) is 5.16 Å². The molecule has 0 amide bonds. The summed E-state index contributed by atoms with van der Waals surface area (Å²) in [7, 11) is 1.62. The van der Waals surface area contributed by atoms with Gasteiger partial charge in [-0.3, -0.25) is 0 Å². The number of methoxy groups -OCH3 is 1. The zero-order valence-corrected chi connectivity index (χ0v) is 15.9. The van der Waals surface area contributed by atoms with Crippen LogP contribution in [0.1, 0.15) is 24.6 Å². The fourth-order valence-corrected chi connectivity index (χ4v) is 3.36. The van der Waals surface area contributed by atoms with Gasteiger partial charge in [-0.25, -0.2) is 14.8 Å². The molecule has 0 saturated carbocycles. The Labute approximate surface area is 156 Å². The van der Waals surface area contributed by atoms with Crippen molar-refractivity contribution < 1.29 is 14.3 Å². The minimum Gasteiger partial charge on any atom is -0.497 e. The fraction of sp³-hybridized carbons (Fsp3) is 0.316. The number of hydrogen-bond acceptors (Lipinski definition) is 7. The third-order valence-corrected chi connectivity index (χ3v) is 4.76.